The Morgan fingerprint density at radius 1 is 1.72 bits per heavy atom. The third-order valence-corrected chi connectivity index (χ3v) is 2.23. The van der Waals surface area contributed by atoms with Gasteiger partial charge >= 0.3 is 0 Å². The van der Waals surface area contributed by atoms with Crippen molar-refractivity contribution in [3.8, 4) is 0 Å². The standard InChI is InChI=1S/C10H14N4O4/c1-6(15)5-13(2)10(16)8-3-7(14(17)18)4-12-9(8)11/h3-4,6,15H,5H2,1-2H3,(H2,11,12). The number of amides is 1. The average molecular weight is 254 g/mol. The number of pyridine rings is 1. The highest BCUT2D eigenvalue weighted by atomic mass is 16.6. The van der Waals surface area contributed by atoms with Crippen molar-refractivity contribution < 1.29 is 14.8 Å². The second kappa shape index (κ2) is 5.41. The van der Waals surface area contributed by atoms with Gasteiger partial charge in [-0.25, -0.2) is 4.98 Å². The largest absolute Gasteiger partial charge is 0.392 e. The lowest BCUT2D eigenvalue weighted by Gasteiger charge is -2.19. The first-order valence-corrected chi connectivity index (χ1v) is 5.16. The fraction of sp³-hybridized carbons (Fsp3) is 0.400. The first-order chi connectivity index (χ1) is 8.32. The monoisotopic (exact) mass is 254 g/mol. The minimum Gasteiger partial charge on any atom is -0.392 e. The van der Waals surface area contributed by atoms with Gasteiger partial charge in [0.1, 0.15) is 12.0 Å². The van der Waals surface area contributed by atoms with Crippen molar-refractivity contribution in [3.63, 3.8) is 0 Å². The lowest BCUT2D eigenvalue weighted by molar-refractivity contribution is -0.385. The molecule has 0 aliphatic carbocycles. The lowest BCUT2D eigenvalue weighted by Crippen LogP contribution is -2.33. The molecule has 1 aromatic heterocycles. The molecule has 0 bridgehead atoms. The van der Waals surface area contributed by atoms with Crippen LogP contribution in [0.25, 0.3) is 0 Å². The highest BCUT2D eigenvalue weighted by Gasteiger charge is 2.20. The fourth-order valence-electron chi connectivity index (χ4n) is 1.42. The number of hydrogen-bond donors (Lipinski definition) is 2. The fourth-order valence-corrected chi connectivity index (χ4v) is 1.42. The Bertz CT molecular complexity index is 475. The van der Waals surface area contributed by atoms with E-state index in [1.54, 1.807) is 0 Å². The van der Waals surface area contributed by atoms with E-state index in [-0.39, 0.29) is 23.6 Å². The van der Waals surface area contributed by atoms with Crippen molar-refractivity contribution in [3.05, 3.63) is 27.9 Å². The van der Waals surface area contributed by atoms with Crippen LogP contribution in [0.5, 0.6) is 0 Å². The van der Waals surface area contributed by atoms with Crippen LogP contribution >= 0.6 is 0 Å². The van der Waals surface area contributed by atoms with Crippen molar-refractivity contribution >= 4 is 17.4 Å². The SMILES string of the molecule is CC(O)CN(C)C(=O)c1cc([N+](=O)[O-])cnc1N. The second-order valence-corrected chi connectivity index (χ2v) is 3.92. The van der Waals surface area contributed by atoms with E-state index >= 15 is 0 Å². The molecule has 1 amide bonds. The number of nitrogen functional groups attached to an aromatic ring is 1. The van der Waals surface area contributed by atoms with Crippen molar-refractivity contribution in [1.29, 1.82) is 0 Å². The smallest absolute Gasteiger partial charge is 0.288 e. The number of aliphatic hydroxyl groups excluding tert-OH is 1. The van der Waals surface area contributed by atoms with Gasteiger partial charge in [-0.05, 0) is 6.92 Å². The van der Waals surface area contributed by atoms with Crippen LogP contribution in [0, 0.1) is 10.1 Å². The molecule has 0 fully saturated rings. The predicted molar refractivity (Wildman–Crippen MR) is 63.9 cm³/mol. The van der Waals surface area contributed by atoms with Crippen LogP contribution in [-0.2, 0) is 0 Å². The molecule has 1 unspecified atom stereocenters. The van der Waals surface area contributed by atoms with Gasteiger partial charge in [0.15, 0.2) is 0 Å². The van der Waals surface area contributed by atoms with Crippen molar-refractivity contribution in [1.82, 2.24) is 9.88 Å². The third-order valence-electron chi connectivity index (χ3n) is 2.23. The van der Waals surface area contributed by atoms with Crippen LogP contribution in [-0.4, -0.2) is 45.5 Å². The summed E-state index contributed by atoms with van der Waals surface area (Å²) in [4.78, 5) is 26.7. The highest BCUT2D eigenvalue weighted by molar-refractivity contribution is 5.98. The molecule has 3 N–H and O–H groups in total. The lowest BCUT2D eigenvalue weighted by atomic mass is 10.2. The van der Waals surface area contributed by atoms with E-state index in [4.69, 9.17) is 5.73 Å². The maximum Gasteiger partial charge on any atom is 0.288 e. The Balaban J connectivity index is 3.04. The van der Waals surface area contributed by atoms with E-state index in [1.807, 2.05) is 0 Å². The summed E-state index contributed by atoms with van der Waals surface area (Å²) in [7, 11) is 1.47. The molecular formula is C10H14N4O4. The van der Waals surface area contributed by atoms with Crippen LogP contribution in [0.2, 0.25) is 0 Å². The first-order valence-electron chi connectivity index (χ1n) is 5.16. The highest BCUT2D eigenvalue weighted by Crippen LogP contribution is 2.18. The van der Waals surface area contributed by atoms with Gasteiger partial charge in [-0.3, -0.25) is 14.9 Å². The van der Waals surface area contributed by atoms with E-state index in [9.17, 15) is 20.0 Å². The molecule has 1 atom stereocenters. The molecule has 0 saturated carbocycles. The second-order valence-electron chi connectivity index (χ2n) is 3.92. The zero-order chi connectivity index (χ0) is 13.9. The number of likely N-dealkylation sites (N-methyl/N-ethyl adjacent to an activating group) is 1. The van der Waals surface area contributed by atoms with Gasteiger partial charge in [0.25, 0.3) is 11.6 Å². The first kappa shape index (κ1) is 13.8. The molecule has 98 valence electrons. The summed E-state index contributed by atoms with van der Waals surface area (Å²) in [6.45, 7) is 1.62. The van der Waals surface area contributed by atoms with Gasteiger partial charge in [0, 0.05) is 19.7 Å². The molecule has 8 heteroatoms. The third kappa shape index (κ3) is 3.14. The minimum absolute atomic E-state index is 0.0487. The van der Waals surface area contributed by atoms with Gasteiger partial charge in [-0.15, -0.1) is 0 Å². The molecule has 1 rings (SSSR count). The summed E-state index contributed by atoms with van der Waals surface area (Å²) in [5.41, 5.74) is 5.16. The molecule has 1 aromatic rings. The van der Waals surface area contributed by atoms with Gasteiger partial charge in [0.05, 0.1) is 16.6 Å². The Morgan fingerprint density at radius 3 is 2.83 bits per heavy atom. The van der Waals surface area contributed by atoms with Crippen molar-refractivity contribution in [2.75, 3.05) is 19.3 Å². The average Bonchev–Trinajstić information content (AvgIpc) is 2.27. The van der Waals surface area contributed by atoms with E-state index in [0.717, 1.165) is 12.3 Å². The minimum atomic E-state index is -0.702. The number of nitro groups is 1. The predicted octanol–water partition coefficient (Wildman–Crippen LogP) is 0.0248. The summed E-state index contributed by atoms with van der Waals surface area (Å²) in [5.74, 6) is -0.604. The number of aliphatic hydroxyl groups is 1. The van der Waals surface area contributed by atoms with Crippen LogP contribution in [0.3, 0.4) is 0 Å². The Hall–Kier alpha value is -2.22. The number of aromatic nitrogens is 1. The van der Waals surface area contributed by atoms with E-state index in [0.29, 0.717) is 0 Å². The zero-order valence-electron chi connectivity index (χ0n) is 10.0. The van der Waals surface area contributed by atoms with Gasteiger partial charge in [0.2, 0.25) is 0 Å². The maximum atomic E-state index is 11.9. The molecule has 0 spiro atoms. The molecule has 18 heavy (non-hydrogen) atoms. The number of rotatable bonds is 4. The quantitative estimate of drug-likeness (QED) is 0.577. The van der Waals surface area contributed by atoms with Gasteiger partial charge in [-0.2, -0.15) is 0 Å². The van der Waals surface area contributed by atoms with E-state index in [2.05, 4.69) is 4.98 Å². The summed E-state index contributed by atoms with van der Waals surface area (Å²) in [5, 5.41) is 19.8. The Kier molecular flexibility index (Phi) is 4.16. The molecule has 0 aromatic carbocycles. The molecule has 0 saturated heterocycles. The zero-order valence-corrected chi connectivity index (χ0v) is 10.0. The molecule has 8 nitrogen and oxygen atoms in total. The summed E-state index contributed by atoms with van der Waals surface area (Å²) >= 11 is 0. The van der Waals surface area contributed by atoms with Crippen LogP contribution in [0.1, 0.15) is 17.3 Å². The number of carbonyl (C=O) groups excluding carboxylic acids is 1. The molecule has 1 heterocycles. The number of anilines is 1. The van der Waals surface area contributed by atoms with E-state index < -0.39 is 16.9 Å². The summed E-state index contributed by atoms with van der Waals surface area (Å²) in [6, 6.07) is 1.07. The Labute approximate surface area is 103 Å². The number of nitrogens with zero attached hydrogens (tertiary/aromatic N) is 3. The summed E-state index contributed by atoms with van der Waals surface area (Å²) in [6.07, 6.45) is 0.285. The normalized spacial score (nSPS) is 11.9. The molecule has 0 radical (unpaired) electrons. The topological polar surface area (TPSA) is 123 Å². The molecule has 0 aliphatic rings. The Morgan fingerprint density at radius 2 is 2.33 bits per heavy atom. The van der Waals surface area contributed by atoms with E-state index in [1.165, 1.54) is 18.9 Å². The van der Waals surface area contributed by atoms with Gasteiger partial charge in [-0.1, -0.05) is 0 Å². The molecular weight excluding hydrogens is 240 g/mol. The number of nitrogens with two attached hydrogens (primary N) is 1. The van der Waals surface area contributed by atoms with Crippen LogP contribution in [0.15, 0.2) is 12.3 Å². The van der Waals surface area contributed by atoms with Crippen molar-refractivity contribution in [2.45, 2.75) is 13.0 Å². The number of carbonyl (C=O) groups is 1. The maximum absolute atomic E-state index is 11.9. The number of hydrogen-bond acceptors (Lipinski definition) is 6. The van der Waals surface area contributed by atoms with Crippen LogP contribution in [0.4, 0.5) is 11.5 Å². The molecule has 0 aliphatic heterocycles. The van der Waals surface area contributed by atoms with Gasteiger partial charge < -0.3 is 15.7 Å². The van der Waals surface area contributed by atoms with Crippen LogP contribution < -0.4 is 5.73 Å². The van der Waals surface area contributed by atoms with Crippen molar-refractivity contribution in [2.24, 2.45) is 0 Å². The summed E-state index contributed by atoms with van der Waals surface area (Å²) < 4.78 is 0.